The summed E-state index contributed by atoms with van der Waals surface area (Å²) in [6, 6.07) is 8.09. The topological polar surface area (TPSA) is 32.8 Å². The fourth-order valence-electron chi connectivity index (χ4n) is 4.36. The number of piperidine rings is 2. The zero-order chi connectivity index (χ0) is 17.1. The van der Waals surface area contributed by atoms with Crippen LogP contribution in [0.3, 0.4) is 0 Å². The Morgan fingerprint density at radius 2 is 1.62 bits per heavy atom. The molecule has 2 fully saturated rings. The van der Waals surface area contributed by atoms with Crippen LogP contribution < -0.4 is 4.74 Å². The molecule has 0 aliphatic carbocycles. The summed E-state index contributed by atoms with van der Waals surface area (Å²) in [5, 5.41) is 0. The number of likely N-dealkylation sites (tertiary alicyclic amines) is 2. The van der Waals surface area contributed by atoms with Gasteiger partial charge in [0, 0.05) is 37.8 Å². The monoisotopic (exact) mass is 330 g/mol. The van der Waals surface area contributed by atoms with Gasteiger partial charge in [0.05, 0.1) is 7.11 Å². The molecule has 0 spiro atoms. The second-order valence-electron chi connectivity index (χ2n) is 7.65. The summed E-state index contributed by atoms with van der Waals surface area (Å²) in [6.07, 6.45) is 3.55. The van der Waals surface area contributed by atoms with Crippen LogP contribution in [0, 0.1) is 11.8 Å². The van der Waals surface area contributed by atoms with Gasteiger partial charge in [0.1, 0.15) is 5.75 Å². The summed E-state index contributed by atoms with van der Waals surface area (Å²) in [4.78, 5) is 17.3. The predicted molar refractivity (Wildman–Crippen MR) is 96.4 cm³/mol. The number of benzene rings is 1. The second-order valence-corrected chi connectivity index (χ2v) is 7.65. The zero-order valence-corrected chi connectivity index (χ0v) is 15.2. The van der Waals surface area contributed by atoms with E-state index in [2.05, 4.69) is 18.7 Å². The highest BCUT2D eigenvalue weighted by Crippen LogP contribution is 2.27. The van der Waals surface area contributed by atoms with E-state index in [-0.39, 0.29) is 5.91 Å². The molecular weight excluding hydrogens is 300 g/mol. The highest BCUT2D eigenvalue weighted by molar-refractivity contribution is 5.94. The molecule has 0 N–H and O–H groups in total. The van der Waals surface area contributed by atoms with E-state index >= 15 is 0 Å². The normalized spacial score (nSPS) is 26.4. The van der Waals surface area contributed by atoms with E-state index in [1.165, 1.54) is 19.5 Å². The smallest absolute Gasteiger partial charge is 0.253 e. The van der Waals surface area contributed by atoms with Gasteiger partial charge in [0.25, 0.3) is 5.91 Å². The molecule has 2 aliphatic rings. The van der Waals surface area contributed by atoms with Crippen LogP contribution >= 0.6 is 0 Å². The SMILES string of the molecule is COc1ccc(C(=O)N2CCC(N3CC(C)CC(C)C3)CC2)cc1. The maximum absolute atomic E-state index is 12.7. The lowest BCUT2D eigenvalue weighted by Crippen LogP contribution is -2.50. The van der Waals surface area contributed by atoms with Crippen molar-refractivity contribution in [2.24, 2.45) is 11.8 Å². The number of rotatable bonds is 3. The third-order valence-corrected chi connectivity index (χ3v) is 5.50. The molecule has 1 aromatic carbocycles. The maximum atomic E-state index is 12.7. The van der Waals surface area contributed by atoms with Gasteiger partial charge in [-0.3, -0.25) is 9.69 Å². The van der Waals surface area contributed by atoms with Gasteiger partial charge < -0.3 is 9.64 Å². The molecule has 2 unspecified atom stereocenters. The number of carbonyl (C=O) groups excluding carboxylic acids is 1. The maximum Gasteiger partial charge on any atom is 0.253 e. The van der Waals surface area contributed by atoms with Crippen LogP contribution in [0.15, 0.2) is 24.3 Å². The molecule has 2 aliphatic heterocycles. The van der Waals surface area contributed by atoms with Crippen molar-refractivity contribution in [2.75, 3.05) is 33.3 Å². The molecule has 0 aromatic heterocycles. The Kier molecular flexibility index (Phi) is 5.44. The second kappa shape index (κ2) is 7.56. The molecule has 24 heavy (non-hydrogen) atoms. The molecule has 4 heteroatoms. The van der Waals surface area contributed by atoms with Gasteiger partial charge >= 0.3 is 0 Å². The van der Waals surface area contributed by atoms with E-state index < -0.39 is 0 Å². The molecule has 1 aromatic rings. The molecule has 0 radical (unpaired) electrons. The summed E-state index contributed by atoms with van der Waals surface area (Å²) in [5.41, 5.74) is 0.759. The average Bonchev–Trinajstić information content (AvgIpc) is 2.60. The van der Waals surface area contributed by atoms with Crippen LogP contribution in [0.4, 0.5) is 0 Å². The number of nitrogens with zero attached hydrogens (tertiary/aromatic N) is 2. The molecule has 2 saturated heterocycles. The van der Waals surface area contributed by atoms with Gasteiger partial charge in [0.2, 0.25) is 0 Å². The summed E-state index contributed by atoms with van der Waals surface area (Å²) < 4.78 is 5.16. The molecule has 132 valence electrons. The molecule has 0 saturated carbocycles. The molecule has 2 heterocycles. The summed E-state index contributed by atoms with van der Waals surface area (Å²) in [5.74, 6) is 2.54. The van der Waals surface area contributed by atoms with Gasteiger partial charge in [-0.05, 0) is 55.4 Å². The van der Waals surface area contributed by atoms with E-state index in [1.807, 2.05) is 29.2 Å². The van der Waals surface area contributed by atoms with Crippen LogP contribution in [0.25, 0.3) is 0 Å². The van der Waals surface area contributed by atoms with Crippen LogP contribution in [-0.2, 0) is 0 Å². The molecule has 0 bridgehead atoms. The van der Waals surface area contributed by atoms with Crippen molar-refractivity contribution in [3.05, 3.63) is 29.8 Å². The Hall–Kier alpha value is -1.55. The Labute approximate surface area is 145 Å². The van der Waals surface area contributed by atoms with Gasteiger partial charge in [-0.25, -0.2) is 0 Å². The number of carbonyl (C=O) groups is 1. The summed E-state index contributed by atoms with van der Waals surface area (Å²) in [7, 11) is 1.64. The fraction of sp³-hybridized carbons (Fsp3) is 0.650. The van der Waals surface area contributed by atoms with Gasteiger partial charge in [-0.1, -0.05) is 13.8 Å². The van der Waals surface area contributed by atoms with Crippen molar-refractivity contribution in [3.8, 4) is 5.75 Å². The molecule has 3 rings (SSSR count). The van der Waals surface area contributed by atoms with Crippen molar-refractivity contribution in [1.29, 1.82) is 0 Å². The van der Waals surface area contributed by atoms with E-state index in [1.54, 1.807) is 7.11 Å². The standard InChI is InChI=1S/C20H30N2O2/c1-15-12-16(2)14-22(13-15)18-8-10-21(11-9-18)20(23)17-4-6-19(24-3)7-5-17/h4-7,15-16,18H,8-14H2,1-3H3. The van der Waals surface area contributed by atoms with Crippen LogP contribution in [-0.4, -0.2) is 55.0 Å². The van der Waals surface area contributed by atoms with Crippen molar-refractivity contribution in [1.82, 2.24) is 9.80 Å². The number of hydrogen-bond acceptors (Lipinski definition) is 3. The first-order valence-electron chi connectivity index (χ1n) is 9.24. The number of methoxy groups -OCH3 is 1. The van der Waals surface area contributed by atoms with E-state index in [9.17, 15) is 4.79 Å². The van der Waals surface area contributed by atoms with Crippen LogP contribution in [0.1, 0.15) is 43.5 Å². The summed E-state index contributed by atoms with van der Waals surface area (Å²) in [6.45, 7) is 8.92. The van der Waals surface area contributed by atoms with E-state index in [0.717, 1.165) is 49.1 Å². The molecule has 1 amide bonds. The first kappa shape index (κ1) is 17.3. The largest absolute Gasteiger partial charge is 0.497 e. The molecule has 4 nitrogen and oxygen atoms in total. The third-order valence-electron chi connectivity index (χ3n) is 5.50. The lowest BCUT2D eigenvalue weighted by Gasteiger charge is -2.43. The van der Waals surface area contributed by atoms with E-state index in [4.69, 9.17) is 4.74 Å². The Morgan fingerprint density at radius 3 is 2.17 bits per heavy atom. The van der Waals surface area contributed by atoms with Crippen molar-refractivity contribution < 1.29 is 9.53 Å². The van der Waals surface area contributed by atoms with Gasteiger partial charge in [-0.2, -0.15) is 0 Å². The highest BCUT2D eigenvalue weighted by Gasteiger charge is 2.31. The molecule has 2 atom stereocenters. The quantitative estimate of drug-likeness (QED) is 0.853. The van der Waals surface area contributed by atoms with E-state index in [0.29, 0.717) is 6.04 Å². The lowest BCUT2D eigenvalue weighted by molar-refractivity contribution is 0.0450. The fourth-order valence-corrected chi connectivity index (χ4v) is 4.36. The lowest BCUT2D eigenvalue weighted by atomic mass is 9.89. The highest BCUT2D eigenvalue weighted by atomic mass is 16.5. The van der Waals surface area contributed by atoms with Crippen molar-refractivity contribution >= 4 is 5.91 Å². The van der Waals surface area contributed by atoms with Crippen LogP contribution in [0.5, 0.6) is 5.75 Å². The number of amides is 1. The number of hydrogen-bond donors (Lipinski definition) is 0. The minimum atomic E-state index is 0.150. The van der Waals surface area contributed by atoms with Gasteiger partial charge in [-0.15, -0.1) is 0 Å². The average molecular weight is 330 g/mol. The van der Waals surface area contributed by atoms with Crippen LogP contribution in [0.2, 0.25) is 0 Å². The minimum absolute atomic E-state index is 0.150. The van der Waals surface area contributed by atoms with Gasteiger partial charge in [0.15, 0.2) is 0 Å². The zero-order valence-electron chi connectivity index (χ0n) is 15.2. The Morgan fingerprint density at radius 1 is 1.04 bits per heavy atom. The number of ether oxygens (including phenoxy) is 1. The minimum Gasteiger partial charge on any atom is -0.497 e. The first-order valence-corrected chi connectivity index (χ1v) is 9.24. The third kappa shape index (κ3) is 3.92. The summed E-state index contributed by atoms with van der Waals surface area (Å²) >= 11 is 0. The van der Waals surface area contributed by atoms with Crippen molar-refractivity contribution in [2.45, 2.75) is 39.2 Å². The Balaban J connectivity index is 1.55. The Bertz CT molecular complexity index is 539. The first-order chi connectivity index (χ1) is 11.6. The predicted octanol–water partition coefficient (Wildman–Crippen LogP) is 3.28. The van der Waals surface area contributed by atoms with Crippen molar-refractivity contribution in [3.63, 3.8) is 0 Å². The molecular formula is C20H30N2O2.